The average Bonchev–Trinajstić information content (AvgIpc) is 2.32. The van der Waals surface area contributed by atoms with E-state index in [1.807, 2.05) is 6.26 Å². The van der Waals surface area contributed by atoms with Crippen LogP contribution in [0, 0.1) is 17.2 Å². The molecule has 0 aliphatic heterocycles. The molecule has 7 heteroatoms. The number of aromatic carboxylic acids is 1. The zero-order valence-corrected chi connectivity index (χ0v) is 10.6. The lowest BCUT2D eigenvalue weighted by Gasteiger charge is -2.31. The normalized spacial score (nSPS) is 21.8. The smallest absolute Gasteiger partial charge is 0.341 e. The second-order valence-corrected chi connectivity index (χ2v) is 4.84. The third kappa shape index (κ3) is 2.54. The minimum absolute atomic E-state index is 0.0632. The average molecular weight is 264 g/mol. The van der Waals surface area contributed by atoms with Gasteiger partial charge in [-0.15, -0.1) is 0 Å². The second kappa shape index (κ2) is 5.23. The van der Waals surface area contributed by atoms with Crippen molar-refractivity contribution in [1.29, 1.82) is 5.26 Å². The van der Waals surface area contributed by atoms with Gasteiger partial charge >= 0.3 is 5.97 Å². The summed E-state index contributed by atoms with van der Waals surface area (Å²) in [4.78, 5) is 19.2. The van der Waals surface area contributed by atoms with Crippen molar-refractivity contribution in [3.05, 3.63) is 11.8 Å². The molecular formula is C11H12N4O2S. The molecular weight excluding hydrogens is 252 g/mol. The fourth-order valence-electron chi connectivity index (χ4n) is 1.76. The van der Waals surface area contributed by atoms with Gasteiger partial charge in [0.15, 0.2) is 5.16 Å². The summed E-state index contributed by atoms with van der Waals surface area (Å²) >= 11 is 1.35. The largest absolute Gasteiger partial charge is 0.477 e. The van der Waals surface area contributed by atoms with E-state index in [2.05, 4.69) is 21.4 Å². The van der Waals surface area contributed by atoms with Crippen LogP contribution >= 0.6 is 11.8 Å². The molecule has 1 aliphatic carbocycles. The Bertz CT molecular complexity index is 508. The number of carbonyl (C=O) groups is 1. The van der Waals surface area contributed by atoms with Gasteiger partial charge in [-0.3, -0.25) is 0 Å². The summed E-state index contributed by atoms with van der Waals surface area (Å²) in [7, 11) is 0. The predicted molar refractivity (Wildman–Crippen MR) is 66.5 cm³/mol. The fraction of sp³-hybridized carbons (Fsp3) is 0.455. The first-order chi connectivity index (χ1) is 8.63. The summed E-state index contributed by atoms with van der Waals surface area (Å²) in [5.74, 6) is -0.651. The van der Waals surface area contributed by atoms with E-state index < -0.39 is 5.97 Å². The monoisotopic (exact) mass is 264 g/mol. The molecule has 0 amide bonds. The number of hydrogen-bond acceptors (Lipinski definition) is 6. The van der Waals surface area contributed by atoms with Crippen LogP contribution < -0.4 is 5.32 Å². The van der Waals surface area contributed by atoms with Crippen LogP contribution in [0.4, 0.5) is 5.82 Å². The third-order valence-corrected chi connectivity index (χ3v) is 3.40. The van der Waals surface area contributed by atoms with Crippen LogP contribution in [0.15, 0.2) is 11.4 Å². The molecule has 18 heavy (non-hydrogen) atoms. The van der Waals surface area contributed by atoms with Crippen molar-refractivity contribution < 1.29 is 9.90 Å². The number of nitriles is 1. The van der Waals surface area contributed by atoms with E-state index in [1.54, 1.807) is 0 Å². The van der Waals surface area contributed by atoms with Gasteiger partial charge < -0.3 is 10.4 Å². The fourth-order valence-corrected chi connectivity index (χ4v) is 2.11. The Balaban J connectivity index is 2.15. The van der Waals surface area contributed by atoms with Gasteiger partial charge in [-0.1, -0.05) is 11.8 Å². The second-order valence-electron chi connectivity index (χ2n) is 4.06. The topological polar surface area (TPSA) is 98.9 Å². The molecule has 1 heterocycles. The Morgan fingerprint density at radius 2 is 2.39 bits per heavy atom. The molecule has 0 saturated heterocycles. The molecule has 0 unspecified atom stereocenters. The Labute approximate surface area is 108 Å². The molecule has 94 valence electrons. The van der Waals surface area contributed by atoms with E-state index in [-0.39, 0.29) is 17.5 Å². The molecule has 1 fully saturated rings. The van der Waals surface area contributed by atoms with Crippen molar-refractivity contribution in [3.63, 3.8) is 0 Å². The first kappa shape index (κ1) is 12.6. The van der Waals surface area contributed by atoms with Crippen molar-refractivity contribution in [1.82, 2.24) is 9.97 Å². The number of hydrogen-bond donors (Lipinski definition) is 2. The van der Waals surface area contributed by atoms with Crippen LogP contribution in [0.3, 0.4) is 0 Å². The standard InChI is InChI=1S/C11H12N4O2S/c1-18-11-13-5-8(10(16)17)9(15-11)14-7-2-6(3-7)4-12/h5-7H,2-3H2,1H3,(H,16,17)(H,13,14,15)/t6-,7+. The first-order valence-corrected chi connectivity index (χ1v) is 6.67. The van der Waals surface area contributed by atoms with Gasteiger partial charge in [0.25, 0.3) is 0 Å². The number of aromatic nitrogens is 2. The predicted octanol–water partition coefficient (Wildman–Crippen LogP) is 1.61. The number of nitrogens with zero attached hydrogens (tertiary/aromatic N) is 3. The number of nitrogens with one attached hydrogen (secondary N) is 1. The van der Waals surface area contributed by atoms with Crippen LogP contribution in [0.1, 0.15) is 23.2 Å². The highest BCUT2D eigenvalue weighted by Gasteiger charge is 2.30. The molecule has 1 aromatic heterocycles. The van der Waals surface area contributed by atoms with Crippen LogP contribution in [0.5, 0.6) is 0 Å². The molecule has 0 aromatic carbocycles. The van der Waals surface area contributed by atoms with Gasteiger partial charge in [0.1, 0.15) is 11.4 Å². The highest BCUT2D eigenvalue weighted by atomic mass is 32.2. The summed E-state index contributed by atoms with van der Waals surface area (Å²) in [5.41, 5.74) is 0.0632. The zero-order valence-electron chi connectivity index (χ0n) is 9.75. The molecule has 2 rings (SSSR count). The van der Waals surface area contributed by atoms with Crippen molar-refractivity contribution in [2.45, 2.75) is 24.0 Å². The van der Waals surface area contributed by atoms with Crippen LogP contribution in [0.2, 0.25) is 0 Å². The van der Waals surface area contributed by atoms with Gasteiger partial charge in [0.05, 0.1) is 12.0 Å². The SMILES string of the molecule is CSc1ncc(C(=O)O)c(N[C@H]2C[C@@H](C#N)C2)n1. The Hall–Kier alpha value is -1.81. The van der Waals surface area contributed by atoms with Gasteiger partial charge in [0, 0.05) is 12.2 Å². The van der Waals surface area contributed by atoms with Gasteiger partial charge in [0.2, 0.25) is 0 Å². The Morgan fingerprint density at radius 3 is 2.94 bits per heavy atom. The zero-order chi connectivity index (χ0) is 13.1. The first-order valence-electron chi connectivity index (χ1n) is 5.44. The van der Waals surface area contributed by atoms with Crippen LogP contribution in [-0.4, -0.2) is 33.3 Å². The highest BCUT2D eigenvalue weighted by Crippen LogP contribution is 2.30. The van der Waals surface area contributed by atoms with Crippen molar-refractivity contribution in [2.24, 2.45) is 5.92 Å². The number of anilines is 1. The van der Waals surface area contributed by atoms with Crippen molar-refractivity contribution in [2.75, 3.05) is 11.6 Å². The van der Waals surface area contributed by atoms with Crippen molar-refractivity contribution >= 4 is 23.5 Å². The summed E-state index contributed by atoms with van der Waals surface area (Å²) in [5, 5.41) is 21.3. The number of carboxylic acid groups (broad SMARTS) is 1. The minimum atomic E-state index is -1.05. The molecule has 1 aliphatic rings. The maximum Gasteiger partial charge on any atom is 0.341 e. The van der Waals surface area contributed by atoms with E-state index in [4.69, 9.17) is 10.4 Å². The highest BCUT2D eigenvalue weighted by molar-refractivity contribution is 7.98. The van der Waals surface area contributed by atoms with E-state index >= 15 is 0 Å². The Morgan fingerprint density at radius 1 is 1.67 bits per heavy atom. The molecule has 1 saturated carbocycles. The number of thioether (sulfide) groups is 1. The van der Waals surface area contributed by atoms with E-state index in [9.17, 15) is 4.79 Å². The van der Waals surface area contributed by atoms with Crippen LogP contribution in [-0.2, 0) is 0 Å². The van der Waals surface area contributed by atoms with Gasteiger partial charge in [-0.05, 0) is 19.1 Å². The summed E-state index contributed by atoms with van der Waals surface area (Å²) < 4.78 is 0. The van der Waals surface area contributed by atoms with Crippen molar-refractivity contribution in [3.8, 4) is 6.07 Å². The van der Waals surface area contributed by atoms with E-state index in [0.29, 0.717) is 11.0 Å². The Kier molecular flexibility index (Phi) is 3.67. The van der Waals surface area contributed by atoms with Gasteiger partial charge in [-0.2, -0.15) is 5.26 Å². The van der Waals surface area contributed by atoms with Gasteiger partial charge in [-0.25, -0.2) is 14.8 Å². The maximum absolute atomic E-state index is 11.1. The maximum atomic E-state index is 11.1. The summed E-state index contributed by atoms with van der Waals surface area (Å²) in [6, 6.07) is 2.31. The molecule has 1 aromatic rings. The third-order valence-electron chi connectivity index (χ3n) is 2.84. The van der Waals surface area contributed by atoms with E-state index in [0.717, 1.165) is 12.8 Å². The lowest BCUT2D eigenvalue weighted by molar-refractivity contribution is 0.0696. The van der Waals surface area contributed by atoms with Crippen LogP contribution in [0.25, 0.3) is 0 Å². The summed E-state index contributed by atoms with van der Waals surface area (Å²) in [6.07, 6.45) is 4.60. The molecule has 0 radical (unpaired) electrons. The summed E-state index contributed by atoms with van der Waals surface area (Å²) in [6.45, 7) is 0. The molecule has 0 spiro atoms. The molecule has 2 N–H and O–H groups in total. The molecule has 0 bridgehead atoms. The number of rotatable bonds is 4. The number of carboxylic acids is 1. The molecule has 0 atom stereocenters. The minimum Gasteiger partial charge on any atom is -0.477 e. The lowest BCUT2D eigenvalue weighted by atomic mass is 9.81. The quantitative estimate of drug-likeness (QED) is 0.629. The van der Waals surface area contributed by atoms with E-state index in [1.165, 1.54) is 18.0 Å². The molecule has 6 nitrogen and oxygen atoms in total. The lowest BCUT2D eigenvalue weighted by Crippen LogP contribution is -2.35.